The molecule has 4 nitrogen and oxygen atoms in total. The maximum atomic E-state index is 12.0. The van der Waals surface area contributed by atoms with Crippen molar-refractivity contribution in [3.05, 3.63) is 52.4 Å². The van der Waals surface area contributed by atoms with Crippen molar-refractivity contribution in [3.8, 4) is 0 Å². The number of halogens is 1. The quantitative estimate of drug-likeness (QED) is 0.854. The summed E-state index contributed by atoms with van der Waals surface area (Å²) in [4.78, 5) is 12.0. The van der Waals surface area contributed by atoms with Crippen LogP contribution in [0, 0.1) is 0 Å². The Hall–Kier alpha value is -1.75. The molecule has 1 amide bonds. The second kappa shape index (κ2) is 5.93. The summed E-state index contributed by atoms with van der Waals surface area (Å²) < 4.78 is 6.24. The fourth-order valence-electron chi connectivity index (χ4n) is 2.13. The van der Waals surface area contributed by atoms with Gasteiger partial charge in [0.2, 0.25) is 0 Å². The van der Waals surface area contributed by atoms with Crippen LogP contribution in [0.4, 0.5) is 5.69 Å². The molecule has 1 heterocycles. The Kier molecular flexibility index (Phi) is 4.01. The summed E-state index contributed by atoms with van der Waals surface area (Å²) >= 11 is 3.30. The third-order valence-electron chi connectivity index (χ3n) is 3.44. The highest BCUT2D eigenvalue weighted by Crippen LogP contribution is 2.24. The van der Waals surface area contributed by atoms with Crippen LogP contribution in [0.5, 0.6) is 0 Å². The van der Waals surface area contributed by atoms with Gasteiger partial charge in [0.1, 0.15) is 5.76 Å². The molecule has 110 valence electrons. The number of carbonyl (C=O) groups excluding carboxylic acids is 1. The zero-order valence-electron chi connectivity index (χ0n) is 11.7. The highest BCUT2D eigenvalue weighted by molar-refractivity contribution is 9.10. The van der Waals surface area contributed by atoms with E-state index in [-0.39, 0.29) is 11.9 Å². The van der Waals surface area contributed by atoms with E-state index in [2.05, 4.69) is 26.6 Å². The first-order valence-electron chi connectivity index (χ1n) is 7.04. The molecule has 0 radical (unpaired) electrons. The predicted octanol–water partition coefficient (Wildman–Crippen LogP) is 4.11. The smallest absolute Gasteiger partial charge is 0.251 e. The standard InChI is InChI=1S/C16H17BrN2O2/c1-10(14-7-8-15(17)21-14)18-13-4-2-3-11(9-13)16(20)19-12-5-6-12/h2-4,7-10,12,18H,5-6H2,1H3,(H,19,20). The molecular weight excluding hydrogens is 332 g/mol. The number of hydrogen-bond acceptors (Lipinski definition) is 3. The van der Waals surface area contributed by atoms with Crippen LogP contribution in [0.15, 0.2) is 45.5 Å². The summed E-state index contributed by atoms with van der Waals surface area (Å²) in [6.07, 6.45) is 2.18. The number of hydrogen-bond donors (Lipinski definition) is 2. The number of amides is 1. The van der Waals surface area contributed by atoms with Gasteiger partial charge >= 0.3 is 0 Å². The van der Waals surface area contributed by atoms with Crippen molar-refractivity contribution in [3.63, 3.8) is 0 Å². The Morgan fingerprint density at radius 1 is 1.33 bits per heavy atom. The largest absolute Gasteiger partial charge is 0.452 e. The SMILES string of the molecule is CC(Nc1cccc(C(=O)NC2CC2)c1)c1ccc(Br)o1. The molecule has 0 spiro atoms. The van der Waals surface area contributed by atoms with Gasteiger partial charge in [-0.2, -0.15) is 0 Å². The van der Waals surface area contributed by atoms with Gasteiger partial charge in [-0.1, -0.05) is 6.07 Å². The van der Waals surface area contributed by atoms with Gasteiger partial charge in [0.15, 0.2) is 4.67 Å². The maximum Gasteiger partial charge on any atom is 0.251 e. The first kappa shape index (κ1) is 14.2. The van der Waals surface area contributed by atoms with E-state index in [1.807, 2.05) is 43.3 Å². The molecule has 0 aliphatic heterocycles. The molecule has 0 bridgehead atoms. The van der Waals surface area contributed by atoms with Gasteiger partial charge in [0.25, 0.3) is 5.91 Å². The van der Waals surface area contributed by atoms with Crippen molar-refractivity contribution in [2.75, 3.05) is 5.32 Å². The number of furan rings is 1. The third-order valence-corrected chi connectivity index (χ3v) is 3.87. The number of benzene rings is 1. The molecule has 21 heavy (non-hydrogen) atoms. The molecule has 1 unspecified atom stereocenters. The molecule has 5 heteroatoms. The minimum atomic E-state index is -0.00505. The highest BCUT2D eigenvalue weighted by Gasteiger charge is 2.23. The van der Waals surface area contributed by atoms with Crippen LogP contribution in [0.2, 0.25) is 0 Å². The van der Waals surface area contributed by atoms with Crippen LogP contribution < -0.4 is 10.6 Å². The van der Waals surface area contributed by atoms with Crippen molar-refractivity contribution < 1.29 is 9.21 Å². The fraction of sp³-hybridized carbons (Fsp3) is 0.312. The monoisotopic (exact) mass is 348 g/mol. The highest BCUT2D eigenvalue weighted by atomic mass is 79.9. The Labute approximate surface area is 132 Å². The van der Waals surface area contributed by atoms with Crippen molar-refractivity contribution in [2.45, 2.75) is 31.8 Å². The van der Waals surface area contributed by atoms with Gasteiger partial charge in [-0.15, -0.1) is 0 Å². The van der Waals surface area contributed by atoms with E-state index < -0.39 is 0 Å². The average molecular weight is 349 g/mol. The van der Waals surface area contributed by atoms with E-state index in [0.29, 0.717) is 16.3 Å². The van der Waals surface area contributed by atoms with Crippen molar-refractivity contribution in [1.29, 1.82) is 0 Å². The number of nitrogens with one attached hydrogen (secondary N) is 2. The molecule has 1 aromatic carbocycles. The van der Waals surface area contributed by atoms with Gasteiger partial charge in [-0.25, -0.2) is 0 Å². The number of rotatable bonds is 5. The first-order valence-corrected chi connectivity index (χ1v) is 7.84. The van der Waals surface area contributed by atoms with Gasteiger partial charge in [0, 0.05) is 17.3 Å². The minimum Gasteiger partial charge on any atom is -0.452 e. The molecule has 3 rings (SSSR count). The van der Waals surface area contributed by atoms with E-state index >= 15 is 0 Å². The fourth-order valence-corrected chi connectivity index (χ4v) is 2.45. The molecule has 0 saturated heterocycles. The summed E-state index contributed by atoms with van der Waals surface area (Å²) in [5.74, 6) is 0.837. The summed E-state index contributed by atoms with van der Waals surface area (Å²) in [5.41, 5.74) is 1.58. The predicted molar refractivity (Wildman–Crippen MR) is 85.4 cm³/mol. The zero-order chi connectivity index (χ0) is 14.8. The lowest BCUT2D eigenvalue weighted by Gasteiger charge is -2.14. The lowest BCUT2D eigenvalue weighted by molar-refractivity contribution is 0.0951. The lowest BCUT2D eigenvalue weighted by Crippen LogP contribution is -2.25. The molecule has 1 aromatic heterocycles. The molecule has 1 aliphatic carbocycles. The Morgan fingerprint density at radius 3 is 2.81 bits per heavy atom. The molecule has 2 N–H and O–H groups in total. The summed E-state index contributed by atoms with van der Waals surface area (Å²) in [6, 6.07) is 11.7. The molecule has 1 fully saturated rings. The first-order chi connectivity index (χ1) is 10.1. The van der Waals surface area contributed by atoms with Gasteiger partial charge in [-0.3, -0.25) is 4.79 Å². The summed E-state index contributed by atoms with van der Waals surface area (Å²) in [7, 11) is 0. The number of anilines is 1. The summed E-state index contributed by atoms with van der Waals surface area (Å²) in [6.45, 7) is 2.02. The molecule has 1 saturated carbocycles. The second-order valence-electron chi connectivity index (χ2n) is 5.34. The maximum absolute atomic E-state index is 12.0. The van der Waals surface area contributed by atoms with Crippen LogP contribution in [-0.4, -0.2) is 11.9 Å². The third kappa shape index (κ3) is 3.67. The van der Waals surface area contributed by atoms with Crippen molar-refractivity contribution in [1.82, 2.24) is 5.32 Å². The van der Waals surface area contributed by atoms with Gasteiger partial charge in [0.05, 0.1) is 6.04 Å². The normalized spacial score (nSPS) is 15.5. The molecule has 1 aliphatic rings. The van der Waals surface area contributed by atoms with Crippen molar-refractivity contribution >= 4 is 27.5 Å². The van der Waals surface area contributed by atoms with E-state index in [4.69, 9.17) is 4.42 Å². The van der Waals surface area contributed by atoms with E-state index in [0.717, 1.165) is 24.3 Å². The Balaban J connectivity index is 1.68. The Morgan fingerprint density at radius 2 is 2.14 bits per heavy atom. The zero-order valence-corrected chi connectivity index (χ0v) is 13.3. The molecule has 2 aromatic rings. The average Bonchev–Trinajstić information content (AvgIpc) is 3.17. The van der Waals surface area contributed by atoms with Crippen LogP contribution in [0.1, 0.15) is 41.9 Å². The number of carbonyl (C=O) groups is 1. The van der Waals surface area contributed by atoms with Crippen LogP contribution in [0.25, 0.3) is 0 Å². The second-order valence-corrected chi connectivity index (χ2v) is 6.12. The molecule has 1 atom stereocenters. The van der Waals surface area contributed by atoms with Gasteiger partial charge in [-0.05, 0) is 66.0 Å². The topological polar surface area (TPSA) is 54.3 Å². The van der Waals surface area contributed by atoms with E-state index in [1.165, 1.54) is 0 Å². The van der Waals surface area contributed by atoms with Crippen LogP contribution in [0.3, 0.4) is 0 Å². The summed E-state index contributed by atoms with van der Waals surface area (Å²) in [5, 5.41) is 6.34. The van der Waals surface area contributed by atoms with Crippen LogP contribution >= 0.6 is 15.9 Å². The molecular formula is C16H17BrN2O2. The lowest BCUT2D eigenvalue weighted by atomic mass is 10.1. The Bertz CT molecular complexity index is 649. The van der Waals surface area contributed by atoms with Gasteiger partial charge < -0.3 is 15.1 Å². The van der Waals surface area contributed by atoms with E-state index in [9.17, 15) is 4.79 Å². The van der Waals surface area contributed by atoms with E-state index in [1.54, 1.807) is 0 Å². The minimum absolute atomic E-state index is 0.00505. The van der Waals surface area contributed by atoms with Crippen LogP contribution in [-0.2, 0) is 0 Å². The van der Waals surface area contributed by atoms with Crippen molar-refractivity contribution in [2.24, 2.45) is 0 Å².